The lowest BCUT2D eigenvalue weighted by Gasteiger charge is -2.36. The number of hydrogen-bond donors (Lipinski definition) is 1. The van der Waals surface area contributed by atoms with Gasteiger partial charge in [-0.1, -0.05) is 24.6 Å². The minimum absolute atomic E-state index is 0.136. The summed E-state index contributed by atoms with van der Waals surface area (Å²) in [6.07, 6.45) is 9.24. The highest BCUT2D eigenvalue weighted by Gasteiger charge is 2.34. The van der Waals surface area contributed by atoms with Gasteiger partial charge in [-0.05, 0) is 75.2 Å². The van der Waals surface area contributed by atoms with Crippen LogP contribution in [0.1, 0.15) is 44.6 Å². The van der Waals surface area contributed by atoms with Crippen molar-refractivity contribution in [1.82, 2.24) is 30.0 Å². The number of nitrogens with zero attached hydrogens (tertiary/aromatic N) is 5. The van der Waals surface area contributed by atoms with Crippen LogP contribution in [0, 0.1) is 0 Å². The number of likely N-dealkylation sites (tertiary alicyclic amines) is 1. The second kappa shape index (κ2) is 11.2. The predicted octanol–water partition coefficient (Wildman–Crippen LogP) is 5.11. The fourth-order valence-corrected chi connectivity index (χ4v) is 5.17. The summed E-state index contributed by atoms with van der Waals surface area (Å²) in [4.78, 5) is 23.6. The number of ether oxygens (including phenoxy) is 2. The number of carbonyl (C=O) groups excluding carboxylic acids is 1. The number of aromatic nitrogens is 4. The number of amides is 1. The van der Waals surface area contributed by atoms with Gasteiger partial charge in [0.1, 0.15) is 34.6 Å². The number of rotatable bonds is 9. The van der Waals surface area contributed by atoms with E-state index in [0.717, 1.165) is 55.0 Å². The molecule has 6 rings (SSSR count). The number of carbonyl (C=O) groups is 1. The van der Waals surface area contributed by atoms with Crippen molar-refractivity contribution in [2.24, 2.45) is 0 Å². The monoisotopic (exact) mass is 512 g/mol. The maximum Gasteiger partial charge on any atom is 0.248 e. The molecule has 2 aliphatic rings. The molecule has 0 radical (unpaired) electrons. The number of piperidine rings is 1. The second-order valence-electron chi connectivity index (χ2n) is 10.0. The van der Waals surface area contributed by atoms with Crippen molar-refractivity contribution in [2.75, 3.05) is 19.6 Å². The summed E-state index contributed by atoms with van der Waals surface area (Å²) in [5.74, 6) is 2.74. The average molecular weight is 513 g/mol. The number of fused-ring (bicyclic) bond motifs is 1. The first kappa shape index (κ1) is 24.4. The molecule has 4 aromatic rings. The van der Waals surface area contributed by atoms with E-state index in [2.05, 4.69) is 25.3 Å². The molecule has 2 aromatic heterocycles. The topological polar surface area (TPSA) is 94.4 Å². The lowest BCUT2D eigenvalue weighted by atomic mass is 9.86. The summed E-state index contributed by atoms with van der Waals surface area (Å²) < 4.78 is 14.0. The van der Waals surface area contributed by atoms with E-state index in [4.69, 9.17) is 9.47 Å². The Hall–Kier alpha value is -3.98. The summed E-state index contributed by atoms with van der Waals surface area (Å²) in [6, 6.07) is 17.4. The number of nitrogens with one attached hydrogen (secondary N) is 1. The highest BCUT2D eigenvalue weighted by molar-refractivity contribution is 5.79. The van der Waals surface area contributed by atoms with Gasteiger partial charge < -0.3 is 19.7 Å². The molecular weight excluding hydrogens is 480 g/mol. The zero-order chi connectivity index (χ0) is 25.7. The molecule has 2 aromatic carbocycles. The molecule has 1 aliphatic carbocycles. The maximum atomic E-state index is 12.5. The Kier molecular flexibility index (Phi) is 7.17. The van der Waals surface area contributed by atoms with Gasteiger partial charge in [0.2, 0.25) is 11.8 Å². The van der Waals surface area contributed by atoms with Gasteiger partial charge in [0, 0.05) is 19.0 Å². The Balaban J connectivity index is 1.07. The van der Waals surface area contributed by atoms with Crippen LogP contribution in [0.2, 0.25) is 0 Å². The normalized spacial score (nSPS) is 19.6. The summed E-state index contributed by atoms with van der Waals surface area (Å²) in [5.41, 5.74) is 1.49. The van der Waals surface area contributed by atoms with Crippen LogP contribution in [0.15, 0.2) is 67.1 Å². The average Bonchev–Trinajstić information content (AvgIpc) is 3.36. The van der Waals surface area contributed by atoms with Crippen molar-refractivity contribution in [1.29, 1.82) is 0 Å². The first-order chi connectivity index (χ1) is 18.7. The number of benzene rings is 2. The van der Waals surface area contributed by atoms with Crippen molar-refractivity contribution in [3.05, 3.63) is 67.1 Å². The number of para-hydroxylation sites is 1. The molecule has 38 heavy (non-hydrogen) atoms. The zero-order valence-electron chi connectivity index (χ0n) is 21.3. The highest BCUT2D eigenvalue weighted by atomic mass is 16.5. The van der Waals surface area contributed by atoms with Crippen LogP contribution in [0.25, 0.3) is 11.0 Å². The van der Waals surface area contributed by atoms with E-state index in [0.29, 0.717) is 18.1 Å². The third kappa shape index (κ3) is 5.62. The molecule has 1 amide bonds. The molecule has 0 unspecified atom stereocenters. The third-order valence-corrected chi connectivity index (χ3v) is 7.30. The van der Waals surface area contributed by atoms with Gasteiger partial charge in [0.05, 0.1) is 12.2 Å². The second-order valence-corrected chi connectivity index (χ2v) is 10.0. The minimum atomic E-state index is 0.136. The van der Waals surface area contributed by atoms with Crippen LogP contribution in [0.3, 0.4) is 0 Å². The molecule has 3 heterocycles. The molecule has 1 aliphatic heterocycles. The minimum Gasteiger partial charge on any atom is -0.457 e. The first-order valence-corrected chi connectivity index (χ1v) is 13.4. The Morgan fingerprint density at radius 3 is 2.37 bits per heavy atom. The van der Waals surface area contributed by atoms with E-state index in [1.165, 1.54) is 25.6 Å². The Bertz CT molecular complexity index is 1360. The predicted molar refractivity (Wildman–Crippen MR) is 143 cm³/mol. The van der Waals surface area contributed by atoms with E-state index in [1.807, 2.05) is 59.3 Å². The first-order valence-electron chi connectivity index (χ1n) is 13.4. The molecule has 9 heteroatoms. The van der Waals surface area contributed by atoms with Crippen LogP contribution < -0.4 is 14.8 Å². The van der Waals surface area contributed by atoms with E-state index >= 15 is 0 Å². The summed E-state index contributed by atoms with van der Waals surface area (Å²) >= 11 is 0. The fraction of sp³-hybridized carbons (Fsp3) is 0.379. The van der Waals surface area contributed by atoms with Crippen molar-refractivity contribution in [2.45, 2.75) is 50.6 Å². The molecular formula is C29H32N6O3. The van der Waals surface area contributed by atoms with Gasteiger partial charge in [-0.15, -0.1) is 0 Å². The molecule has 1 saturated heterocycles. The molecule has 9 nitrogen and oxygen atoms in total. The van der Waals surface area contributed by atoms with Crippen molar-refractivity contribution in [3.8, 4) is 23.1 Å². The van der Waals surface area contributed by atoms with Gasteiger partial charge in [-0.25, -0.2) is 4.98 Å². The van der Waals surface area contributed by atoms with Gasteiger partial charge in [0.25, 0.3) is 0 Å². The molecule has 196 valence electrons. The van der Waals surface area contributed by atoms with Crippen molar-refractivity contribution >= 4 is 16.9 Å². The van der Waals surface area contributed by atoms with Gasteiger partial charge in [-0.3, -0.25) is 9.48 Å². The zero-order valence-corrected chi connectivity index (χ0v) is 21.3. The molecule has 1 N–H and O–H groups in total. The summed E-state index contributed by atoms with van der Waals surface area (Å²) in [7, 11) is 0. The van der Waals surface area contributed by atoms with E-state index in [-0.39, 0.29) is 18.0 Å². The fourth-order valence-electron chi connectivity index (χ4n) is 5.17. The summed E-state index contributed by atoms with van der Waals surface area (Å²) in [6.45, 7) is 3.08. The quantitative estimate of drug-likeness (QED) is 0.333. The SMILES string of the molecule is O=C(CCN1CCCCC1)NC1CC(n2ncc3ncnc(Oc4ccc(Oc5ccccc5)cc4)c32)C1. The van der Waals surface area contributed by atoms with E-state index < -0.39 is 0 Å². The van der Waals surface area contributed by atoms with Crippen molar-refractivity contribution in [3.63, 3.8) is 0 Å². The third-order valence-electron chi connectivity index (χ3n) is 7.30. The van der Waals surface area contributed by atoms with Crippen LogP contribution in [0.5, 0.6) is 23.1 Å². The molecule has 0 atom stereocenters. The van der Waals surface area contributed by atoms with Crippen LogP contribution in [-0.4, -0.2) is 56.2 Å². The molecule has 1 saturated carbocycles. The van der Waals surface area contributed by atoms with Gasteiger partial charge in [-0.2, -0.15) is 10.1 Å². The standard InChI is InChI=1S/C29H32N6O3/c36-27(13-16-34-14-5-2-6-15-34)33-21-17-22(18-21)35-28-26(19-32-35)30-20-31-29(28)38-25-11-9-24(10-12-25)37-23-7-3-1-4-8-23/h1,3-4,7-12,19-22H,2,5-6,13-18H2,(H,33,36). The molecule has 0 spiro atoms. The molecule has 0 bridgehead atoms. The lowest BCUT2D eigenvalue weighted by molar-refractivity contribution is -0.123. The largest absolute Gasteiger partial charge is 0.457 e. The number of hydrogen-bond acceptors (Lipinski definition) is 7. The van der Waals surface area contributed by atoms with E-state index in [9.17, 15) is 4.79 Å². The maximum absolute atomic E-state index is 12.5. The van der Waals surface area contributed by atoms with Crippen LogP contribution >= 0.6 is 0 Å². The van der Waals surface area contributed by atoms with E-state index in [1.54, 1.807) is 6.20 Å². The van der Waals surface area contributed by atoms with Crippen LogP contribution in [-0.2, 0) is 4.79 Å². The van der Waals surface area contributed by atoms with Crippen LogP contribution in [0.4, 0.5) is 0 Å². The lowest BCUT2D eigenvalue weighted by Crippen LogP contribution is -2.46. The smallest absolute Gasteiger partial charge is 0.248 e. The molecule has 2 fully saturated rings. The van der Waals surface area contributed by atoms with Gasteiger partial charge in [0.15, 0.2) is 0 Å². The Labute approximate surface area is 221 Å². The highest BCUT2D eigenvalue weighted by Crippen LogP contribution is 2.37. The Morgan fingerprint density at radius 2 is 1.61 bits per heavy atom. The van der Waals surface area contributed by atoms with Crippen molar-refractivity contribution < 1.29 is 14.3 Å². The Morgan fingerprint density at radius 1 is 0.895 bits per heavy atom. The van der Waals surface area contributed by atoms with Gasteiger partial charge >= 0.3 is 0 Å². The summed E-state index contributed by atoms with van der Waals surface area (Å²) in [5, 5.41) is 7.78.